The lowest BCUT2D eigenvalue weighted by atomic mass is 10.0. The molecule has 2 N–H and O–H groups in total. The zero-order chi connectivity index (χ0) is 53.9. The summed E-state index contributed by atoms with van der Waals surface area (Å²) in [6.45, 7) is 0. The molecule has 6 aromatic carbocycles. The molecule has 12 nitrogen and oxygen atoms in total. The van der Waals surface area contributed by atoms with E-state index in [0.717, 1.165) is 89.4 Å². The van der Waals surface area contributed by atoms with E-state index in [1.54, 1.807) is 25.1 Å². The van der Waals surface area contributed by atoms with E-state index in [1.807, 2.05) is 84.9 Å². The number of aromatic amines is 2. The van der Waals surface area contributed by atoms with Crippen LogP contribution in [-0.4, -0.2) is 65.1 Å². The molecule has 0 spiro atoms. The lowest BCUT2D eigenvalue weighted by molar-refractivity contribution is -0.385. The highest BCUT2D eigenvalue weighted by Gasteiger charge is 2.21. The van der Waals surface area contributed by atoms with E-state index in [0.29, 0.717) is 22.4 Å². The van der Waals surface area contributed by atoms with Gasteiger partial charge in [-0.15, -0.1) is 0 Å². The van der Waals surface area contributed by atoms with E-state index in [-0.39, 0.29) is 22.4 Å². The molecule has 376 valence electrons. The Hall–Kier alpha value is -10.8. The number of fused-ring (bicyclic) bond motifs is 8. The molecule has 2 aliphatic heterocycles. The number of nitro groups is 1. The average Bonchev–Trinajstić information content (AvgIpc) is 4.37. The number of esters is 2. The Bertz CT molecular complexity index is 4200. The highest BCUT2D eigenvalue weighted by atomic mass is 16.6. The molecule has 9 aromatic rings. The Balaban J connectivity index is 1.06. The molecule has 0 aliphatic carbocycles. The van der Waals surface area contributed by atoms with Gasteiger partial charge in [0.15, 0.2) is 0 Å². The van der Waals surface area contributed by atoms with Crippen LogP contribution < -0.4 is 4.90 Å². The smallest absolute Gasteiger partial charge is 0.337 e. The summed E-state index contributed by atoms with van der Waals surface area (Å²) in [5.74, 6) is 10.9. The van der Waals surface area contributed by atoms with Crippen LogP contribution in [0.5, 0.6) is 0 Å². The third kappa shape index (κ3) is 9.84. The fraction of sp³-hybridized carbons (Fsp3) is 0.0606. The standard InChI is InChI=1S/C66H46N6O6/c1-71(2)59-39-48(60(72(75)76)40-47(59)27-23-42-36-49(65(73)77-3)38-50(37-42)66(74)78-4)26-22-41-20-24-46(25-21-41)64-57-34-32-55(69-57)62(44-16-10-6-11-17-44)53-30-28-51(67-53)61(43-14-8-5-9-15-43)52-29-31-54(68-52)63(45-18-12-7-13-19-45)56-33-35-58(64)70-56/h5-21,24-25,28-40,67,70H,1-4H3. The first-order valence-corrected chi connectivity index (χ1v) is 24.8. The number of hydrogen-bond acceptors (Lipinski definition) is 9. The van der Waals surface area contributed by atoms with Crippen LogP contribution in [-0.2, 0) is 9.47 Å². The molecule has 2 aliphatic rings. The number of benzene rings is 6. The van der Waals surface area contributed by atoms with Crippen molar-refractivity contribution in [1.29, 1.82) is 0 Å². The van der Waals surface area contributed by atoms with Crippen LogP contribution in [0.2, 0.25) is 0 Å². The van der Waals surface area contributed by atoms with Crippen LogP contribution in [0.1, 0.15) is 65.7 Å². The lowest BCUT2D eigenvalue weighted by Gasteiger charge is -2.15. The minimum Gasteiger partial charge on any atom is -0.465 e. The summed E-state index contributed by atoms with van der Waals surface area (Å²) < 4.78 is 9.74. The Kier molecular flexibility index (Phi) is 13.4. The lowest BCUT2D eigenvalue weighted by Crippen LogP contribution is -2.11. The number of nitrogens with one attached hydrogen (secondary N) is 2. The number of methoxy groups -OCH3 is 2. The zero-order valence-electron chi connectivity index (χ0n) is 42.7. The van der Waals surface area contributed by atoms with Crippen molar-refractivity contribution in [3.8, 4) is 68.2 Å². The Labute approximate surface area is 449 Å². The molecule has 0 atom stereocenters. The topological polar surface area (TPSA) is 156 Å². The van der Waals surface area contributed by atoms with E-state index in [4.69, 9.17) is 19.4 Å². The van der Waals surface area contributed by atoms with Crippen LogP contribution in [0.25, 0.3) is 90.9 Å². The molecule has 0 radical (unpaired) electrons. The molecule has 8 bridgehead atoms. The molecule has 78 heavy (non-hydrogen) atoms. The second-order valence-electron chi connectivity index (χ2n) is 18.5. The van der Waals surface area contributed by atoms with Crippen molar-refractivity contribution in [2.45, 2.75) is 0 Å². The molecule has 0 amide bonds. The van der Waals surface area contributed by atoms with Crippen LogP contribution in [0.4, 0.5) is 11.4 Å². The number of carbonyl (C=O) groups excluding carboxylic acids is 2. The van der Waals surface area contributed by atoms with Gasteiger partial charge in [0.1, 0.15) is 5.56 Å². The quantitative estimate of drug-likeness (QED) is 0.0654. The Morgan fingerprint density at radius 3 is 1.24 bits per heavy atom. The third-order valence-electron chi connectivity index (χ3n) is 13.4. The van der Waals surface area contributed by atoms with Gasteiger partial charge >= 0.3 is 11.9 Å². The number of aromatic nitrogens is 4. The van der Waals surface area contributed by atoms with Crippen molar-refractivity contribution in [3.05, 3.63) is 236 Å². The number of carbonyl (C=O) groups is 2. The van der Waals surface area contributed by atoms with Gasteiger partial charge in [-0.3, -0.25) is 10.1 Å². The number of hydrogen-bond donors (Lipinski definition) is 2. The molecule has 11 rings (SSSR count). The van der Waals surface area contributed by atoms with Crippen molar-refractivity contribution < 1.29 is 24.0 Å². The molecule has 3 aromatic heterocycles. The van der Waals surface area contributed by atoms with Gasteiger partial charge < -0.3 is 24.3 Å². The second kappa shape index (κ2) is 21.2. The number of nitro benzene ring substituents is 1. The van der Waals surface area contributed by atoms with Gasteiger partial charge in [-0.25, -0.2) is 19.6 Å². The largest absolute Gasteiger partial charge is 0.465 e. The van der Waals surface area contributed by atoms with Gasteiger partial charge in [-0.05, 0) is 107 Å². The predicted octanol–water partition coefficient (Wildman–Crippen LogP) is 13.7. The van der Waals surface area contributed by atoms with E-state index < -0.39 is 16.9 Å². The summed E-state index contributed by atoms with van der Waals surface area (Å²) >= 11 is 0. The second-order valence-corrected chi connectivity index (χ2v) is 18.5. The maximum atomic E-state index is 12.7. The minimum atomic E-state index is -0.667. The van der Waals surface area contributed by atoms with Gasteiger partial charge in [0, 0.05) is 75.6 Å². The molecule has 0 saturated carbocycles. The van der Waals surface area contributed by atoms with Crippen molar-refractivity contribution in [1.82, 2.24) is 19.9 Å². The maximum Gasteiger partial charge on any atom is 0.337 e. The third-order valence-corrected chi connectivity index (χ3v) is 13.4. The van der Waals surface area contributed by atoms with Crippen molar-refractivity contribution in [2.75, 3.05) is 33.2 Å². The summed E-state index contributed by atoms with van der Waals surface area (Å²) in [5.41, 5.74) is 16.2. The molecular weight excluding hydrogens is 973 g/mol. The van der Waals surface area contributed by atoms with Crippen LogP contribution in [0, 0.1) is 33.8 Å². The first-order valence-electron chi connectivity index (χ1n) is 24.8. The SMILES string of the molecule is COC(=O)c1cc(C#Cc2cc([N+](=O)[O-])c(C#Cc3ccc(-c4c5nc(c(-c6ccccc6)c6ccc([nH]6)c(-c6ccccc6)c6nc(c(-c7ccccc7)c7ccc4[nH]7)C=C6)C=C5)cc3)cc2N(C)C)cc(C(=O)OC)c1. The highest BCUT2D eigenvalue weighted by molar-refractivity contribution is 6.00. The number of anilines is 1. The van der Waals surface area contributed by atoms with E-state index in [9.17, 15) is 19.7 Å². The summed E-state index contributed by atoms with van der Waals surface area (Å²) in [7, 11) is 6.05. The number of nitrogens with zero attached hydrogens (tertiary/aromatic N) is 4. The van der Waals surface area contributed by atoms with E-state index >= 15 is 0 Å². The monoisotopic (exact) mass is 1020 g/mol. The van der Waals surface area contributed by atoms with E-state index in [1.165, 1.54) is 38.5 Å². The van der Waals surface area contributed by atoms with Gasteiger partial charge in [-0.2, -0.15) is 0 Å². The Morgan fingerprint density at radius 1 is 0.474 bits per heavy atom. The van der Waals surface area contributed by atoms with Crippen molar-refractivity contribution in [3.63, 3.8) is 0 Å². The summed E-state index contributed by atoms with van der Waals surface area (Å²) in [6, 6.07) is 54.3. The normalized spacial score (nSPS) is 11.2. The highest BCUT2D eigenvalue weighted by Crippen LogP contribution is 2.39. The number of ether oxygens (including phenoxy) is 2. The fourth-order valence-corrected chi connectivity index (χ4v) is 9.70. The molecule has 12 heteroatoms. The fourth-order valence-electron chi connectivity index (χ4n) is 9.70. The van der Waals surface area contributed by atoms with Gasteiger partial charge in [0.05, 0.1) is 64.3 Å². The number of rotatable bonds is 8. The molecule has 0 saturated heterocycles. The maximum absolute atomic E-state index is 12.7. The summed E-state index contributed by atoms with van der Waals surface area (Å²) in [4.78, 5) is 57.2. The van der Waals surface area contributed by atoms with Crippen LogP contribution >= 0.6 is 0 Å². The molecular formula is C66H46N6O6. The van der Waals surface area contributed by atoms with Gasteiger partial charge in [0.2, 0.25) is 0 Å². The minimum absolute atomic E-state index is 0.0954. The van der Waals surface area contributed by atoms with Gasteiger partial charge in [0.25, 0.3) is 5.69 Å². The summed E-state index contributed by atoms with van der Waals surface area (Å²) in [6.07, 6.45) is 8.27. The molecule has 0 fully saturated rings. The molecule has 5 heterocycles. The van der Waals surface area contributed by atoms with Crippen molar-refractivity contribution in [2.24, 2.45) is 0 Å². The van der Waals surface area contributed by atoms with Crippen molar-refractivity contribution >= 4 is 69.7 Å². The zero-order valence-corrected chi connectivity index (χ0v) is 42.7. The average molecular weight is 1020 g/mol. The van der Waals surface area contributed by atoms with Crippen LogP contribution in [0.3, 0.4) is 0 Å². The number of H-pyrrole nitrogens is 2. The van der Waals surface area contributed by atoms with E-state index in [2.05, 4.69) is 113 Å². The first-order chi connectivity index (χ1) is 38.0. The predicted molar refractivity (Wildman–Crippen MR) is 309 cm³/mol. The Morgan fingerprint density at radius 2 is 0.859 bits per heavy atom. The first kappa shape index (κ1) is 49.4. The van der Waals surface area contributed by atoms with Gasteiger partial charge in [-0.1, -0.05) is 127 Å². The van der Waals surface area contributed by atoms with Crippen LogP contribution in [0.15, 0.2) is 170 Å². The summed E-state index contributed by atoms with van der Waals surface area (Å²) in [5, 5.41) is 12.7. The molecule has 0 unspecified atom stereocenters.